The maximum Gasteiger partial charge on any atom is 0.384 e. The highest BCUT2D eigenvalue weighted by atomic mass is 35.5. The molecule has 10 heavy (non-hydrogen) atoms. The van der Waals surface area contributed by atoms with Gasteiger partial charge >= 0.3 is 5.97 Å². The smallest absolute Gasteiger partial charge is 0.384 e. The van der Waals surface area contributed by atoms with Crippen LogP contribution in [0.25, 0.3) is 0 Å². The highest BCUT2D eigenvalue weighted by molar-refractivity contribution is 6.17. The Morgan fingerprint density at radius 1 is 1.70 bits per heavy atom. The number of esters is 1. The SMILES string of the molecule is COC(=O)C#CCCCCl. The van der Waals surface area contributed by atoms with E-state index in [1.807, 2.05) is 0 Å². The van der Waals surface area contributed by atoms with Crippen LogP contribution in [0.15, 0.2) is 0 Å². The number of carbonyl (C=O) groups is 1. The Bertz CT molecular complexity index is 155. The second-order valence-corrected chi connectivity index (χ2v) is 1.96. The second-order valence-electron chi connectivity index (χ2n) is 1.59. The second kappa shape index (κ2) is 6.44. The fourth-order valence-corrected chi connectivity index (χ4v) is 0.475. The van der Waals surface area contributed by atoms with Gasteiger partial charge < -0.3 is 4.74 Å². The zero-order valence-corrected chi connectivity index (χ0v) is 6.57. The highest BCUT2D eigenvalue weighted by Crippen LogP contribution is 1.88. The van der Waals surface area contributed by atoms with E-state index in [-0.39, 0.29) is 0 Å². The third-order valence-corrected chi connectivity index (χ3v) is 1.08. The number of ether oxygens (including phenoxy) is 1. The van der Waals surface area contributed by atoms with Crippen LogP contribution < -0.4 is 0 Å². The highest BCUT2D eigenvalue weighted by Gasteiger charge is 1.87. The number of halogens is 1. The molecule has 0 aliphatic rings. The van der Waals surface area contributed by atoms with E-state index in [4.69, 9.17) is 11.6 Å². The molecule has 0 heterocycles. The summed E-state index contributed by atoms with van der Waals surface area (Å²) in [6.45, 7) is 0. The maximum absolute atomic E-state index is 10.3. The normalized spacial score (nSPS) is 7.80. The van der Waals surface area contributed by atoms with Crippen LogP contribution in [0.1, 0.15) is 12.8 Å². The molecule has 0 aromatic rings. The molecule has 0 rings (SSSR count). The molecule has 0 aliphatic carbocycles. The van der Waals surface area contributed by atoms with E-state index in [2.05, 4.69) is 16.6 Å². The first-order valence-corrected chi connectivity index (χ1v) is 3.47. The number of hydrogen-bond acceptors (Lipinski definition) is 2. The molecule has 2 nitrogen and oxygen atoms in total. The number of carbonyl (C=O) groups excluding carboxylic acids is 1. The van der Waals surface area contributed by atoms with Crippen molar-refractivity contribution in [1.82, 2.24) is 0 Å². The minimum atomic E-state index is -0.491. The molecule has 0 radical (unpaired) electrons. The molecular weight excluding hydrogens is 152 g/mol. The molecule has 0 bridgehead atoms. The average Bonchev–Trinajstić information content (AvgIpc) is 1.98. The van der Waals surface area contributed by atoms with Crippen molar-refractivity contribution >= 4 is 17.6 Å². The van der Waals surface area contributed by atoms with Crippen molar-refractivity contribution in [2.24, 2.45) is 0 Å². The van der Waals surface area contributed by atoms with Crippen molar-refractivity contribution < 1.29 is 9.53 Å². The van der Waals surface area contributed by atoms with E-state index in [1.54, 1.807) is 0 Å². The summed E-state index contributed by atoms with van der Waals surface area (Å²) < 4.78 is 4.28. The van der Waals surface area contributed by atoms with Gasteiger partial charge in [-0.15, -0.1) is 11.6 Å². The lowest BCUT2D eigenvalue weighted by atomic mass is 10.3. The van der Waals surface area contributed by atoms with Crippen LogP contribution in [0.2, 0.25) is 0 Å². The summed E-state index contributed by atoms with van der Waals surface area (Å²) in [5, 5.41) is 0. The van der Waals surface area contributed by atoms with Gasteiger partial charge in [-0.3, -0.25) is 0 Å². The summed E-state index contributed by atoms with van der Waals surface area (Å²) in [6, 6.07) is 0. The van der Waals surface area contributed by atoms with Crippen LogP contribution >= 0.6 is 11.6 Å². The molecule has 0 N–H and O–H groups in total. The molecule has 0 saturated carbocycles. The van der Waals surface area contributed by atoms with Gasteiger partial charge in [-0.2, -0.15) is 0 Å². The zero-order chi connectivity index (χ0) is 7.82. The Morgan fingerprint density at radius 3 is 2.90 bits per heavy atom. The minimum absolute atomic E-state index is 0.491. The quantitative estimate of drug-likeness (QED) is 0.199. The molecule has 0 saturated heterocycles. The van der Waals surface area contributed by atoms with Crippen LogP contribution in [0.3, 0.4) is 0 Å². The number of methoxy groups -OCH3 is 1. The number of alkyl halides is 1. The topological polar surface area (TPSA) is 26.3 Å². The van der Waals surface area contributed by atoms with Crippen LogP contribution in [0.5, 0.6) is 0 Å². The van der Waals surface area contributed by atoms with Crippen molar-refractivity contribution in [2.75, 3.05) is 13.0 Å². The summed E-state index contributed by atoms with van der Waals surface area (Å²) in [5.74, 6) is 5.01. The number of hydrogen-bond donors (Lipinski definition) is 0. The minimum Gasteiger partial charge on any atom is -0.459 e. The van der Waals surface area contributed by atoms with Gasteiger partial charge in [-0.1, -0.05) is 5.92 Å². The van der Waals surface area contributed by atoms with Gasteiger partial charge in [0.25, 0.3) is 0 Å². The molecule has 0 aliphatic heterocycles. The monoisotopic (exact) mass is 160 g/mol. The largest absolute Gasteiger partial charge is 0.459 e. The fraction of sp³-hybridized carbons (Fsp3) is 0.571. The molecule has 0 aromatic heterocycles. The van der Waals surface area contributed by atoms with Gasteiger partial charge in [0.1, 0.15) is 0 Å². The van der Waals surface area contributed by atoms with Crippen LogP contribution in [0.4, 0.5) is 0 Å². The van der Waals surface area contributed by atoms with E-state index < -0.39 is 5.97 Å². The molecule has 0 aromatic carbocycles. The van der Waals surface area contributed by atoms with Crippen LogP contribution in [-0.2, 0) is 9.53 Å². The van der Waals surface area contributed by atoms with E-state index in [9.17, 15) is 4.79 Å². The fourth-order valence-electron chi connectivity index (χ4n) is 0.341. The number of unbranched alkanes of at least 4 members (excludes halogenated alkanes) is 1. The lowest BCUT2D eigenvalue weighted by Gasteiger charge is -1.84. The molecule has 0 atom stereocenters. The van der Waals surface area contributed by atoms with Crippen LogP contribution in [0, 0.1) is 11.8 Å². The van der Waals surface area contributed by atoms with Gasteiger partial charge in [0.05, 0.1) is 7.11 Å². The first kappa shape index (κ1) is 9.32. The molecule has 3 heteroatoms. The third-order valence-electron chi connectivity index (χ3n) is 0.811. The van der Waals surface area contributed by atoms with Gasteiger partial charge in [0.2, 0.25) is 0 Å². The Hall–Kier alpha value is -0.680. The van der Waals surface area contributed by atoms with Gasteiger partial charge in [0, 0.05) is 18.2 Å². The van der Waals surface area contributed by atoms with Gasteiger partial charge in [-0.25, -0.2) is 4.79 Å². The molecule has 0 spiro atoms. The maximum atomic E-state index is 10.3. The number of rotatable bonds is 2. The zero-order valence-electron chi connectivity index (χ0n) is 5.82. The van der Waals surface area contributed by atoms with Gasteiger partial charge in [0.15, 0.2) is 0 Å². The van der Waals surface area contributed by atoms with E-state index in [0.717, 1.165) is 6.42 Å². The predicted molar refractivity (Wildman–Crippen MR) is 39.7 cm³/mol. The Morgan fingerprint density at radius 2 is 2.40 bits per heavy atom. The summed E-state index contributed by atoms with van der Waals surface area (Å²) in [4.78, 5) is 10.3. The first-order valence-electron chi connectivity index (χ1n) is 2.94. The first-order chi connectivity index (χ1) is 4.81. The average molecular weight is 161 g/mol. The molecule has 0 unspecified atom stereocenters. The van der Waals surface area contributed by atoms with E-state index in [1.165, 1.54) is 7.11 Å². The summed E-state index contributed by atoms with van der Waals surface area (Å²) in [5.41, 5.74) is 0. The van der Waals surface area contributed by atoms with Crippen molar-refractivity contribution in [3.63, 3.8) is 0 Å². The molecular formula is C7H9ClO2. The molecule has 56 valence electrons. The summed E-state index contributed by atoms with van der Waals surface area (Å²) >= 11 is 5.37. The van der Waals surface area contributed by atoms with Crippen molar-refractivity contribution in [2.45, 2.75) is 12.8 Å². The standard InChI is InChI=1S/C7H9ClO2/c1-10-7(9)5-3-2-4-6-8/h2,4,6H2,1H3. The lowest BCUT2D eigenvalue weighted by molar-refractivity contribution is -0.133. The summed E-state index contributed by atoms with van der Waals surface area (Å²) in [7, 11) is 1.30. The predicted octanol–water partition coefficient (Wildman–Crippen LogP) is 1.18. The molecule has 0 amide bonds. The van der Waals surface area contributed by atoms with Crippen LogP contribution in [-0.4, -0.2) is 19.0 Å². The third kappa shape index (κ3) is 5.46. The van der Waals surface area contributed by atoms with Gasteiger partial charge in [-0.05, 0) is 6.42 Å². The van der Waals surface area contributed by atoms with Crippen molar-refractivity contribution in [3.05, 3.63) is 0 Å². The Balaban J connectivity index is 3.39. The molecule has 0 fully saturated rings. The summed E-state index contributed by atoms with van der Waals surface area (Å²) in [6.07, 6.45) is 1.46. The Labute approximate surface area is 65.5 Å². The Kier molecular flexibility index (Phi) is 6.00. The van der Waals surface area contributed by atoms with E-state index in [0.29, 0.717) is 12.3 Å². The van der Waals surface area contributed by atoms with Crippen molar-refractivity contribution in [3.8, 4) is 11.8 Å². The lowest BCUT2D eigenvalue weighted by Crippen LogP contribution is -1.94. The van der Waals surface area contributed by atoms with E-state index >= 15 is 0 Å². The van der Waals surface area contributed by atoms with Crippen molar-refractivity contribution in [1.29, 1.82) is 0 Å².